The molecule has 110 valence electrons. The second-order valence-corrected chi connectivity index (χ2v) is 6.48. The number of rotatable bonds is 3. The number of benzene rings is 1. The fourth-order valence-corrected chi connectivity index (χ4v) is 3.77. The van der Waals surface area contributed by atoms with E-state index in [4.69, 9.17) is 10.5 Å². The van der Waals surface area contributed by atoms with Gasteiger partial charge in [-0.05, 0) is 48.6 Å². The van der Waals surface area contributed by atoms with E-state index in [2.05, 4.69) is 24.3 Å². The van der Waals surface area contributed by atoms with Crippen molar-refractivity contribution in [3.05, 3.63) is 35.4 Å². The minimum Gasteiger partial charge on any atom is -0.381 e. The molecule has 1 atom stereocenters. The highest BCUT2D eigenvalue weighted by Crippen LogP contribution is 2.34. The van der Waals surface area contributed by atoms with Crippen LogP contribution in [0.1, 0.15) is 68.0 Å². The van der Waals surface area contributed by atoms with E-state index < -0.39 is 0 Å². The van der Waals surface area contributed by atoms with Crippen LogP contribution in [0.2, 0.25) is 0 Å². The van der Waals surface area contributed by atoms with Crippen molar-refractivity contribution in [2.75, 3.05) is 13.2 Å². The van der Waals surface area contributed by atoms with Gasteiger partial charge in [-0.15, -0.1) is 0 Å². The zero-order valence-electron chi connectivity index (χ0n) is 12.4. The van der Waals surface area contributed by atoms with Crippen molar-refractivity contribution in [1.29, 1.82) is 0 Å². The molecule has 1 saturated carbocycles. The van der Waals surface area contributed by atoms with Gasteiger partial charge in [0.2, 0.25) is 0 Å². The van der Waals surface area contributed by atoms with Crippen LogP contribution in [-0.2, 0) is 4.74 Å². The molecule has 2 aliphatic rings. The first-order valence-corrected chi connectivity index (χ1v) is 8.28. The summed E-state index contributed by atoms with van der Waals surface area (Å²) >= 11 is 0. The molecule has 1 aliphatic heterocycles. The van der Waals surface area contributed by atoms with Gasteiger partial charge in [0.05, 0.1) is 0 Å². The first-order chi connectivity index (χ1) is 9.84. The summed E-state index contributed by atoms with van der Waals surface area (Å²) in [6.45, 7) is 1.75. The molecule has 2 nitrogen and oxygen atoms in total. The molecule has 0 radical (unpaired) electrons. The third kappa shape index (κ3) is 3.24. The van der Waals surface area contributed by atoms with Crippen molar-refractivity contribution < 1.29 is 4.74 Å². The Morgan fingerprint density at radius 2 is 1.55 bits per heavy atom. The first kappa shape index (κ1) is 14.1. The van der Waals surface area contributed by atoms with Crippen LogP contribution in [-0.4, -0.2) is 13.2 Å². The predicted molar refractivity (Wildman–Crippen MR) is 82.7 cm³/mol. The summed E-state index contributed by atoms with van der Waals surface area (Å²) < 4.78 is 5.43. The monoisotopic (exact) mass is 273 g/mol. The molecule has 1 aliphatic carbocycles. The maximum Gasteiger partial charge on any atom is 0.0469 e. The Balaban J connectivity index is 1.65. The molecule has 1 unspecified atom stereocenters. The quantitative estimate of drug-likeness (QED) is 0.897. The molecule has 0 aromatic heterocycles. The van der Waals surface area contributed by atoms with E-state index >= 15 is 0 Å². The van der Waals surface area contributed by atoms with Crippen LogP contribution < -0.4 is 5.73 Å². The van der Waals surface area contributed by atoms with E-state index in [0.717, 1.165) is 32.0 Å². The van der Waals surface area contributed by atoms with Gasteiger partial charge < -0.3 is 10.5 Å². The lowest BCUT2D eigenvalue weighted by Gasteiger charge is -2.28. The van der Waals surface area contributed by atoms with Crippen LogP contribution in [0.15, 0.2) is 24.3 Å². The summed E-state index contributed by atoms with van der Waals surface area (Å²) in [4.78, 5) is 0. The lowest BCUT2D eigenvalue weighted by Crippen LogP contribution is -2.27. The maximum atomic E-state index is 6.44. The van der Waals surface area contributed by atoms with E-state index in [1.54, 1.807) is 0 Å². The minimum absolute atomic E-state index is 0.180. The Morgan fingerprint density at radius 3 is 2.20 bits per heavy atom. The molecule has 3 rings (SSSR count). The van der Waals surface area contributed by atoms with Crippen LogP contribution in [0.5, 0.6) is 0 Å². The van der Waals surface area contributed by atoms with Crippen LogP contribution in [0.3, 0.4) is 0 Å². The molecule has 0 spiro atoms. The molecule has 1 aromatic carbocycles. The highest BCUT2D eigenvalue weighted by molar-refractivity contribution is 5.28. The molecule has 20 heavy (non-hydrogen) atoms. The van der Waals surface area contributed by atoms with Gasteiger partial charge >= 0.3 is 0 Å². The third-order valence-electron chi connectivity index (χ3n) is 5.17. The Kier molecular flexibility index (Phi) is 4.74. The number of hydrogen-bond acceptors (Lipinski definition) is 2. The van der Waals surface area contributed by atoms with Crippen LogP contribution in [0.4, 0.5) is 0 Å². The van der Waals surface area contributed by atoms with Crippen molar-refractivity contribution in [1.82, 2.24) is 0 Å². The Bertz CT molecular complexity index is 402. The summed E-state index contributed by atoms with van der Waals surface area (Å²) in [6, 6.07) is 9.36. The van der Waals surface area contributed by atoms with Crippen LogP contribution in [0, 0.1) is 5.92 Å². The van der Waals surface area contributed by atoms with Gasteiger partial charge in [-0.3, -0.25) is 0 Å². The van der Waals surface area contributed by atoms with E-state index in [1.807, 2.05) is 0 Å². The van der Waals surface area contributed by atoms with Gasteiger partial charge in [-0.1, -0.05) is 43.5 Å². The number of nitrogens with two attached hydrogens (primary N) is 1. The minimum atomic E-state index is 0.180. The van der Waals surface area contributed by atoms with Gasteiger partial charge in [0.25, 0.3) is 0 Å². The summed E-state index contributed by atoms with van der Waals surface area (Å²) in [5.41, 5.74) is 9.27. The highest BCUT2D eigenvalue weighted by Gasteiger charge is 2.22. The van der Waals surface area contributed by atoms with Crippen LogP contribution >= 0.6 is 0 Å². The van der Waals surface area contributed by atoms with Gasteiger partial charge in [-0.25, -0.2) is 0 Å². The van der Waals surface area contributed by atoms with Gasteiger partial charge in [0.1, 0.15) is 0 Å². The third-order valence-corrected chi connectivity index (χ3v) is 5.17. The molecular weight excluding hydrogens is 246 g/mol. The Labute approximate surface area is 122 Å². The molecular formula is C18H27NO. The second-order valence-electron chi connectivity index (χ2n) is 6.48. The zero-order valence-corrected chi connectivity index (χ0v) is 12.4. The lowest BCUT2D eigenvalue weighted by atomic mass is 9.82. The first-order valence-electron chi connectivity index (χ1n) is 8.28. The standard InChI is InChI=1S/C18H27NO/c19-18(17-10-12-20-13-11-17)16-8-6-15(7-9-16)14-4-2-1-3-5-14/h6-9,14,17-18H,1-5,10-13,19H2. The van der Waals surface area contributed by atoms with Crippen molar-refractivity contribution in [2.24, 2.45) is 11.7 Å². The average Bonchev–Trinajstić information content (AvgIpc) is 2.56. The summed E-state index contributed by atoms with van der Waals surface area (Å²) in [5.74, 6) is 1.38. The van der Waals surface area contributed by atoms with Gasteiger partial charge in [-0.2, -0.15) is 0 Å². The predicted octanol–water partition coefficient (Wildman–Crippen LogP) is 4.16. The van der Waals surface area contributed by atoms with E-state index in [0.29, 0.717) is 5.92 Å². The average molecular weight is 273 g/mol. The van der Waals surface area contributed by atoms with E-state index in [9.17, 15) is 0 Å². The van der Waals surface area contributed by atoms with Gasteiger partial charge in [0, 0.05) is 19.3 Å². The SMILES string of the molecule is NC(c1ccc(C2CCCCC2)cc1)C1CCOCC1. The van der Waals surface area contributed by atoms with E-state index in [1.165, 1.54) is 43.2 Å². The van der Waals surface area contributed by atoms with Crippen molar-refractivity contribution in [3.63, 3.8) is 0 Å². The van der Waals surface area contributed by atoms with E-state index in [-0.39, 0.29) is 6.04 Å². The molecule has 1 heterocycles. The second kappa shape index (κ2) is 6.73. The lowest BCUT2D eigenvalue weighted by molar-refractivity contribution is 0.0584. The highest BCUT2D eigenvalue weighted by atomic mass is 16.5. The number of hydrogen-bond donors (Lipinski definition) is 1. The topological polar surface area (TPSA) is 35.2 Å². The zero-order chi connectivity index (χ0) is 13.8. The van der Waals surface area contributed by atoms with Gasteiger partial charge in [0.15, 0.2) is 0 Å². The largest absolute Gasteiger partial charge is 0.381 e. The number of ether oxygens (including phenoxy) is 1. The molecule has 1 saturated heterocycles. The molecule has 2 N–H and O–H groups in total. The van der Waals surface area contributed by atoms with Crippen LogP contribution in [0.25, 0.3) is 0 Å². The molecule has 0 bridgehead atoms. The maximum absolute atomic E-state index is 6.44. The molecule has 2 fully saturated rings. The smallest absolute Gasteiger partial charge is 0.0469 e. The summed E-state index contributed by atoms with van der Waals surface area (Å²) in [6.07, 6.45) is 9.15. The summed E-state index contributed by atoms with van der Waals surface area (Å²) in [7, 11) is 0. The fourth-order valence-electron chi connectivity index (χ4n) is 3.77. The molecule has 2 heteroatoms. The van der Waals surface area contributed by atoms with Crippen molar-refractivity contribution in [2.45, 2.75) is 56.9 Å². The Hall–Kier alpha value is -0.860. The molecule has 1 aromatic rings. The van der Waals surface area contributed by atoms with Crippen molar-refractivity contribution >= 4 is 0 Å². The summed E-state index contributed by atoms with van der Waals surface area (Å²) in [5, 5.41) is 0. The normalized spacial score (nSPS) is 23.6. The van der Waals surface area contributed by atoms with Crippen molar-refractivity contribution in [3.8, 4) is 0 Å². The fraction of sp³-hybridized carbons (Fsp3) is 0.667. The Morgan fingerprint density at radius 1 is 0.900 bits per heavy atom. The molecule has 0 amide bonds.